The van der Waals surface area contributed by atoms with Crippen LogP contribution in [0, 0.1) is 41.5 Å². The van der Waals surface area contributed by atoms with Crippen molar-refractivity contribution in [3.05, 3.63) is 105 Å². The molecule has 4 fully saturated rings. The molecule has 3 heteroatoms. The summed E-state index contributed by atoms with van der Waals surface area (Å²) < 4.78 is 3.54. The van der Waals surface area contributed by atoms with Crippen LogP contribution in [0.4, 0.5) is 0 Å². The van der Waals surface area contributed by atoms with Crippen molar-refractivity contribution < 1.29 is 12.9 Å². The second-order valence-electron chi connectivity index (χ2n) is 17.7. The summed E-state index contributed by atoms with van der Waals surface area (Å²) >= 11 is -3.26. The van der Waals surface area contributed by atoms with E-state index in [0.29, 0.717) is 16.3 Å². The number of benzene rings is 3. The summed E-state index contributed by atoms with van der Waals surface area (Å²) in [5.41, 5.74) is 14.3. The van der Waals surface area contributed by atoms with Crippen LogP contribution >= 0.6 is 15.3 Å². The van der Waals surface area contributed by atoms with Gasteiger partial charge in [0.1, 0.15) is 0 Å². The molecular weight excluding hydrogens is 744 g/mol. The van der Waals surface area contributed by atoms with E-state index in [0.717, 1.165) is 17.0 Å². The van der Waals surface area contributed by atoms with E-state index >= 15 is 0 Å². The topological polar surface area (TPSA) is 0 Å². The van der Waals surface area contributed by atoms with Crippen LogP contribution < -0.4 is 0 Å². The molecule has 0 amide bonds. The van der Waals surface area contributed by atoms with Crippen LogP contribution in [0.2, 0.25) is 4.51 Å². The van der Waals surface area contributed by atoms with Crippen molar-refractivity contribution in [3.63, 3.8) is 0 Å². The van der Waals surface area contributed by atoms with Crippen molar-refractivity contribution in [3.8, 4) is 0 Å². The minimum atomic E-state index is -3.26. The maximum atomic E-state index is 9.64. The monoisotopic (exact) mass is 813 g/mol. The van der Waals surface area contributed by atoms with Gasteiger partial charge in [0.15, 0.2) is 0 Å². The molecule has 0 nitrogen and oxygen atoms in total. The molecule has 0 bridgehead atoms. The Morgan fingerprint density at radius 3 is 1.22 bits per heavy atom. The molecule has 3 aromatic carbocycles. The van der Waals surface area contributed by atoms with Gasteiger partial charge in [-0.1, -0.05) is 0 Å². The van der Waals surface area contributed by atoms with E-state index in [1.807, 2.05) is 0 Å². The van der Waals surface area contributed by atoms with Crippen LogP contribution in [0.5, 0.6) is 0 Å². The van der Waals surface area contributed by atoms with E-state index in [-0.39, 0.29) is 0 Å². The van der Waals surface area contributed by atoms with Gasteiger partial charge in [-0.25, -0.2) is 0 Å². The molecule has 7 rings (SSSR count). The predicted molar refractivity (Wildman–Crippen MR) is 226 cm³/mol. The molecule has 0 saturated heterocycles. The van der Waals surface area contributed by atoms with Gasteiger partial charge in [-0.3, -0.25) is 0 Å². The maximum absolute atomic E-state index is 9.64. The zero-order valence-corrected chi connectivity index (χ0v) is 36.5. The molecule has 0 heterocycles. The Kier molecular flexibility index (Phi) is 12.2. The number of aryl methyl sites for hydroxylation is 6. The average molecular weight is 814 g/mol. The van der Waals surface area contributed by atoms with Gasteiger partial charge in [0.2, 0.25) is 0 Å². The molecule has 4 saturated carbocycles. The Hall–Kier alpha value is -1.13. The molecule has 3 atom stereocenters. The average Bonchev–Trinajstić information content (AvgIpc) is 3.54. The van der Waals surface area contributed by atoms with Gasteiger partial charge < -0.3 is 0 Å². The molecule has 4 aliphatic rings. The van der Waals surface area contributed by atoms with Crippen molar-refractivity contribution in [2.45, 2.75) is 184 Å². The Labute approximate surface area is 319 Å². The van der Waals surface area contributed by atoms with E-state index < -0.39 is 18.4 Å². The van der Waals surface area contributed by atoms with Gasteiger partial charge in [0.25, 0.3) is 0 Å². The molecule has 0 spiro atoms. The SMILES string of the molecule is Cc1cc(C)c(C2CCC(c3c(C)cc(C)cc3C)[CH]2[Ru]([Cl])(=[CH]c2ccccc2)[PH](C2CCCCC2)(C2CCCCC2)C2CCCCC2)c(C)c1. The second kappa shape index (κ2) is 16.3. The quantitative estimate of drug-likeness (QED) is 0.157. The summed E-state index contributed by atoms with van der Waals surface area (Å²) in [6.45, 7) is 14.4. The third-order valence-electron chi connectivity index (χ3n) is 14.3. The van der Waals surface area contributed by atoms with Gasteiger partial charge >= 0.3 is 321 Å². The summed E-state index contributed by atoms with van der Waals surface area (Å²) in [6.07, 6.45) is 24.4. The normalized spacial score (nSPS) is 26.5. The zero-order chi connectivity index (χ0) is 35.8. The molecule has 3 unspecified atom stereocenters. The van der Waals surface area contributed by atoms with Crippen LogP contribution in [0.3, 0.4) is 0 Å². The number of rotatable bonds is 8. The zero-order valence-electron chi connectivity index (χ0n) is 33.0. The summed E-state index contributed by atoms with van der Waals surface area (Å²) in [6, 6.07) is 21.8. The van der Waals surface area contributed by atoms with Crippen LogP contribution in [0.1, 0.15) is 171 Å². The molecule has 0 aliphatic heterocycles. The standard InChI is InChI=1S/C23H29.C18H33P.C7H6.ClH.Ru/c1-14-9-16(3)22(17(4)10-14)20-7-8-21(13-20)23-18(5)11-15(2)12-19(23)6;1-4-10-16(11-5-1)19(17-12-6-2-7-13-17)18-14-8-3-9-15-18;1-7-5-3-2-4-6-7;;/h9-13,20-21H,7-8H2,1-6H3;16-18H,1-15H2;1-6H;1H;. The van der Waals surface area contributed by atoms with E-state index in [9.17, 15) is 9.69 Å². The van der Waals surface area contributed by atoms with Crippen LogP contribution in [-0.2, 0) is 12.9 Å². The summed E-state index contributed by atoms with van der Waals surface area (Å²) in [4.78, 5) is 0. The molecule has 281 valence electrons. The van der Waals surface area contributed by atoms with Crippen molar-refractivity contribution in [1.29, 1.82) is 0 Å². The summed E-state index contributed by atoms with van der Waals surface area (Å²) in [5, 5.41) is 0. The second-order valence-corrected chi connectivity index (χ2v) is 38.0. The van der Waals surface area contributed by atoms with E-state index in [4.69, 9.17) is 0 Å². The van der Waals surface area contributed by atoms with E-state index in [1.54, 1.807) is 11.1 Å². The van der Waals surface area contributed by atoms with Gasteiger partial charge in [-0.15, -0.1) is 0 Å². The molecular formula is C48H69ClPRu. The molecule has 0 aromatic heterocycles. The van der Waals surface area contributed by atoms with Gasteiger partial charge in [-0.05, 0) is 0 Å². The Morgan fingerprint density at radius 1 is 0.510 bits per heavy atom. The number of hydrogen-bond acceptors (Lipinski definition) is 0. The van der Waals surface area contributed by atoms with Crippen LogP contribution in [0.25, 0.3) is 0 Å². The molecule has 0 N–H and O–H groups in total. The number of halogens is 1. The fourth-order valence-corrected chi connectivity index (χ4v) is 53.9. The Bertz CT molecular complexity index is 1550. The van der Waals surface area contributed by atoms with Crippen molar-refractivity contribution in [2.24, 2.45) is 0 Å². The Balaban J connectivity index is 1.59. The third kappa shape index (κ3) is 7.23. The van der Waals surface area contributed by atoms with Crippen LogP contribution in [0.15, 0.2) is 54.6 Å². The first-order valence-electron chi connectivity index (χ1n) is 21.1. The minimum absolute atomic E-state index is 0.544. The number of hydrogen-bond donors (Lipinski definition) is 0. The molecule has 0 radical (unpaired) electrons. The fraction of sp³-hybridized carbons (Fsp3) is 0.604. The van der Waals surface area contributed by atoms with Crippen molar-refractivity contribution in [2.75, 3.05) is 0 Å². The van der Waals surface area contributed by atoms with Crippen LogP contribution in [-0.4, -0.2) is 21.6 Å². The summed E-state index contributed by atoms with van der Waals surface area (Å²) in [7, 11) is 9.64. The third-order valence-corrected chi connectivity index (χ3v) is 46.0. The van der Waals surface area contributed by atoms with Crippen molar-refractivity contribution >= 4 is 19.9 Å². The molecule has 4 aliphatic carbocycles. The first-order chi connectivity index (χ1) is 24.6. The van der Waals surface area contributed by atoms with E-state index in [2.05, 4.69) is 101 Å². The predicted octanol–water partition coefficient (Wildman–Crippen LogP) is 14.8. The first-order valence-corrected chi connectivity index (χ1v) is 30.0. The molecule has 3 aromatic rings. The Morgan fingerprint density at radius 2 is 0.863 bits per heavy atom. The molecule has 51 heavy (non-hydrogen) atoms. The van der Waals surface area contributed by atoms with Crippen molar-refractivity contribution in [1.82, 2.24) is 0 Å². The fourth-order valence-electron chi connectivity index (χ4n) is 12.8. The van der Waals surface area contributed by atoms with Gasteiger partial charge in [0.05, 0.1) is 0 Å². The van der Waals surface area contributed by atoms with Gasteiger partial charge in [-0.2, -0.15) is 0 Å². The van der Waals surface area contributed by atoms with Gasteiger partial charge in [0, 0.05) is 0 Å². The van der Waals surface area contributed by atoms with E-state index in [1.165, 1.54) is 148 Å². The summed E-state index contributed by atoms with van der Waals surface area (Å²) in [5.74, 6) is 1.09. The first kappa shape index (κ1) is 38.2.